The number of nitrogens with zero attached hydrogens (tertiary/aromatic N) is 5. The number of aryl methyl sites for hydroxylation is 2. The molecular weight excluding hydrogens is 338 g/mol. The number of ether oxygens (including phenoxy) is 1. The van der Waals surface area contributed by atoms with E-state index in [1.807, 2.05) is 18.3 Å². The van der Waals surface area contributed by atoms with Crippen molar-refractivity contribution < 1.29 is 4.74 Å². The van der Waals surface area contributed by atoms with Gasteiger partial charge in [0.1, 0.15) is 5.75 Å². The maximum absolute atomic E-state index is 5.40. The van der Waals surface area contributed by atoms with Crippen LogP contribution in [0.1, 0.15) is 17.7 Å². The van der Waals surface area contributed by atoms with Gasteiger partial charge in [-0.15, -0.1) is 5.10 Å². The van der Waals surface area contributed by atoms with Crippen molar-refractivity contribution in [2.24, 2.45) is 0 Å². The number of hydrogen-bond acceptors (Lipinski definition) is 6. The number of benzene rings is 1. The van der Waals surface area contributed by atoms with Crippen molar-refractivity contribution in [2.75, 3.05) is 37.0 Å². The topological polar surface area (TPSA) is 54.4 Å². The van der Waals surface area contributed by atoms with Crippen molar-refractivity contribution in [3.8, 4) is 5.75 Å². The van der Waals surface area contributed by atoms with E-state index in [0.717, 1.165) is 48.4 Å². The maximum Gasteiger partial charge on any atom is 0.151 e. The Kier molecular flexibility index (Phi) is 3.85. The molecule has 138 valence electrons. The zero-order chi connectivity index (χ0) is 18.4. The molecule has 0 bridgehead atoms. The van der Waals surface area contributed by atoms with Crippen LogP contribution in [-0.2, 0) is 12.8 Å². The Hall–Kier alpha value is -2.89. The highest BCUT2D eigenvalue weighted by Gasteiger charge is 2.32. The molecule has 1 saturated heterocycles. The number of pyridine rings is 1. The van der Waals surface area contributed by atoms with Gasteiger partial charge in [-0.25, -0.2) is 0 Å². The van der Waals surface area contributed by atoms with Gasteiger partial charge in [-0.05, 0) is 55.2 Å². The van der Waals surface area contributed by atoms with Crippen LogP contribution in [-0.4, -0.2) is 48.5 Å². The molecule has 3 heterocycles. The van der Waals surface area contributed by atoms with Crippen molar-refractivity contribution in [1.82, 2.24) is 15.2 Å². The summed E-state index contributed by atoms with van der Waals surface area (Å²) in [5, 5.41) is 9.99. The number of aromatic nitrogens is 3. The number of likely N-dealkylation sites (N-methyl/N-ethyl adjacent to an activating group) is 1. The first-order valence-electron chi connectivity index (χ1n) is 9.49. The summed E-state index contributed by atoms with van der Waals surface area (Å²) in [4.78, 5) is 9.15. The fourth-order valence-electron chi connectivity index (χ4n) is 4.10. The molecule has 2 aromatic heterocycles. The van der Waals surface area contributed by atoms with Crippen LogP contribution in [0, 0.1) is 0 Å². The quantitative estimate of drug-likeness (QED) is 0.712. The third-order valence-electron chi connectivity index (χ3n) is 5.85. The Labute approximate surface area is 158 Å². The summed E-state index contributed by atoms with van der Waals surface area (Å²) in [5.41, 5.74) is 4.73. The molecule has 0 radical (unpaired) electrons. The number of rotatable bonds is 4. The highest BCUT2D eigenvalue weighted by molar-refractivity contribution is 5.92. The van der Waals surface area contributed by atoms with Gasteiger partial charge in [-0.2, -0.15) is 5.10 Å². The second-order valence-corrected chi connectivity index (χ2v) is 7.41. The smallest absolute Gasteiger partial charge is 0.151 e. The highest BCUT2D eigenvalue weighted by Crippen LogP contribution is 2.32. The summed E-state index contributed by atoms with van der Waals surface area (Å²) in [5.74, 6) is 1.87. The summed E-state index contributed by atoms with van der Waals surface area (Å²) in [7, 11) is 3.85. The minimum atomic E-state index is 0.442. The fourth-order valence-corrected chi connectivity index (χ4v) is 4.10. The van der Waals surface area contributed by atoms with Gasteiger partial charge in [0, 0.05) is 37.4 Å². The predicted molar refractivity (Wildman–Crippen MR) is 107 cm³/mol. The summed E-state index contributed by atoms with van der Waals surface area (Å²) >= 11 is 0. The van der Waals surface area contributed by atoms with E-state index in [1.165, 1.54) is 23.4 Å². The first-order valence-corrected chi connectivity index (χ1v) is 9.49. The molecule has 0 unspecified atom stereocenters. The molecule has 1 aliphatic heterocycles. The van der Waals surface area contributed by atoms with E-state index >= 15 is 0 Å². The minimum absolute atomic E-state index is 0.442. The second-order valence-electron chi connectivity index (χ2n) is 7.41. The van der Waals surface area contributed by atoms with Gasteiger partial charge in [0.05, 0.1) is 24.4 Å². The molecule has 0 spiro atoms. The van der Waals surface area contributed by atoms with Crippen LogP contribution in [0.2, 0.25) is 0 Å². The van der Waals surface area contributed by atoms with Crippen LogP contribution >= 0.6 is 0 Å². The van der Waals surface area contributed by atoms with E-state index in [2.05, 4.69) is 50.2 Å². The fraction of sp³-hybridized carbons (Fsp3) is 0.381. The first kappa shape index (κ1) is 16.3. The maximum atomic E-state index is 5.40. The van der Waals surface area contributed by atoms with Gasteiger partial charge >= 0.3 is 0 Å². The lowest BCUT2D eigenvalue weighted by Crippen LogP contribution is -2.59. The Bertz CT molecular complexity index is 999. The van der Waals surface area contributed by atoms with Gasteiger partial charge in [0.2, 0.25) is 0 Å². The Balaban J connectivity index is 1.36. The number of hydrogen-bond donors (Lipinski definition) is 0. The van der Waals surface area contributed by atoms with E-state index in [-0.39, 0.29) is 0 Å². The van der Waals surface area contributed by atoms with Crippen LogP contribution in [0.15, 0.2) is 36.5 Å². The predicted octanol–water partition coefficient (Wildman–Crippen LogP) is 2.85. The van der Waals surface area contributed by atoms with Crippen molar-refractivity contribution in [2.45, 2.75) is 25.3 Å². The first-order chi connectivity index (χ1) is 13.2. The minimum Gasteiger partial charge on any atom is -0.497 e. The lowest BCUT2D eigenvalue weighted by atomic mass is 10.0. The van der Waals surface area contributed by atoms with Gasteiger partial charge in [-0.1, -0.05) is 0 Å². The van der Waals surface area contributed by atoms with Gasteiger partial charge < -0.3 is 14.5 Å². The third-order valence-corrected chi connectivity index (χ3v) is 5.85. The normalized spacial score (nSPS) is 16.3. The summed E-state index contributed by atoms with van der Waals surface area (Å²) in [6, 6.07) is 10.8. The Morgan fingerprint density at radius 3 is 2.85 bits per heavy atom. The van der Waals surface area contributed by atoms with E-state index in [9.17, 15) is 0 Å². The van der Waals surface area contributed by atoms with Crippen LogP contribution in [0.4, 0.5) is 11.5 Å². The van der Waals surface area contributed by atoms with E-state index in [1.54, 1.807) is 7.11 Å². The molecule has 1 aromatic carbocycles. The standard InChI is InChI=1S/C21H23N5O/c1-25(20-8-9-22-19-7-6-16(27-2)11-17(19)20)15-12-26(13-15)21-10-14-4-3-5-18(14)23-24-21/h6-11,15H,3-5,12-13H2,1-2H3. The molecule has 0 amide bonds. The van der Waals surface area contributed by atoms with Crippen molar-refractivity contribution >= 4 is 22.4 Å². The van der Waals surface area contributed by atoms with Crippen LogP contribution in [0.3, 0.4) is 0 Å². The van der Waals surface area contributed by atoms with Gasteiger partial charge in [-0.3, -0.25) is 4.98 Å². The summed E-state index contributed by atoms with van der Waals surface area (Å²) < 4.78 is 5.40. The molecular formula is C21H23N5O. The third kappa shape index (κ3) is 2.76. The average Bonchev–Trinajstić information content (AvgIpc) is 3.13. The molecule has 0 atom stereocenters. The summed E-state index contributed by atoms with van der Waals surface area (Å²) in [6.07, 6.45) is 5.30. The van der Waals surface area contributed by atoms with Crippen molar-refractivity contribution in [3.63, 3.8) is 0 Å². The van der Waals surface area contributed by atoms with E-state index in [4.69, 9.17) is 4.74 Å². The van der Waals surface area contributed by atoms with Crippen LogP contribution < -0.4 is 14.5 Å². The largest absolute Gasteiger partial charge is 0.497 e. The lowest BCUT2D eigenvalue weighted by molar-refractivity contribution is 0.415. The molecule has 0 saturated carbocycles. The Morgan fingerprint density at radius 2 is 2.00 bits per heavy atom. The highest BCUT2D eigenvalue weighted by atomic mass is 16.5. The molecule has 3 aromatic rings. The van der Waals surface area contributed by atoms with E-state index in [0.29, 0.717) is 6.04 Å². The molecule has 0 N–H and O–H groups in total. The SMILES string of the molecule is COc1ccc2nccc(N(C)C3CN(c4cc5c(nn4)CCC5)C3)c2c1. The lowest BCUT2D eigenvalue weighted by Gasteiger charge is -2.45. The second kappa shape index (κ2) is 6.37. The van der Waals surface area contributed by atoms with Crippen LogP contribution in [0.25, 0.3) is 10.9 Å². The Morgan fingerprint density at radius 1 is 1.11 bits per heavy atom. The number of anilines is 2. The zero-order valence-corrected chi connectivity index (χ0v) is 15.7. The number of fused-ring (bicyclic) bond motifs is 2. The molecule has 1 fully saturated rings. The van der Waals surface area contributed by atoms with Crippen LogP contribution in [0.5, 0.6) is 5.75 Å². The van der Waals surface area contributed by atoms with Crippen molar-refractivity contribution in [1.29, 1.82) is 0 Å². The molecule has 5 rings (SSSR count). The van der Waals surface area contributed by atoms with Gasteiger partial charge in [0.25, 0.3) is 0 Å². The zero-order valence-electron chi connectivity index (χ0n) is 15.7. The molecule has 2 aliphatic rings. The van der Waals surface area contributed by atoms with Crippen molar-refractivity contribution in [3.05, 3.63) is 47.8 Å². The average molecular weight is 361 g/mol. The molecule has 1 aliphatic carbocycles. The molecule has 6 nitrogen and oxygen atoms in total. The monoisotopic (exact) mass is 361 g/mol. The van der Waals surface area contributed by atoms with E-state index < -0.39 is 0 Å². The molecule has 27 heavy (non-hydrogen) atoms. The molecule has 6 heteroatoms. The number of methoxy groups -OCH3 is 1. The summed E-state index contributed by atoms with van der Waals surface area (Å²) in [6.45, 7) is 1.91. The van der Waals surface area contributed by atoms with Gasteiger partial charge in [0.15, 0.2) is 5.82 Å².